The van der Waals surface area contributed by atoms with Crippen molar-refractivity contribution >= 4 is 5.97 Å². The van der Waals surface area contributed by atoms with Gasteiger partial charge < -0.3 is 19.1 Å². The number of fused-ring (bicyclic) bond motifs is 1. The summed E-state index contributed by atoms with van der Waals surface area (Å²) in [5, 5.41) is 9.79. The monoisotopic (exact) mass is 533 g/mol. The maximum Gasteiger partial charge on any atom is 0.330 e. The fraction of sp³-hybridized carbons (Fsp3) is 0.433. The lowest BCUT2D eigenvalue weighted by atomic mass is 9.97. The Labute approximate surface area is 227 Å². The zero-order valence-corrected chi connectivity index (χ0v) is 22.5. The lowest BCUT2D eigenvalue weighted by molar-refractivity contribution is -0.138. The van der Waals surface area contributed by atoms with Crippen LogP contribution in [0.1, 0.15) is 47.6 Å². The Morgan fingerprint density at radius 2 is 2.00 bits per heavy atom. The van der Waals surface area contributed by atoms with Gasteiger partial charge in [0.05, 0.1) is 19.6 Å². The van der Waals surface area contributed by atoms with Gasteiger partial charge in [0.15, 0.2) is 0 Å². The number of aryl methyl sites for hydroxylation is 2. The zero-order chi connectivity index (χ0) is 27.5. The minimum absolute atomic E-state index is 0.0326. The van der Waals surface area contributed by atoms with E-state index in [1.54, 1.807) is 7.05 Å². The van der Waals surface area contributed by atoms with Crippen molar-refractivity contribution in [1.82, 2.24) is 14.0 Å². The Hall–Kier alpha value is -3.85. The molecule has 1 N–H and O–H groups in total. The molecule has 2 aromatic carbocycles. The molecule has 0 spiro atoms. The van der Waals surface area contributed by atoms with Gasteiger partial charge in [-0.05, 0) is 60.1 Å². The van der Waals surface area contributed by atoms with Crippen LogP contribution in [0.25, 0.3) is 0 Å². The highest BCUT2D eigenvalue weighted by atomic mass is 16.5. The van der Waals surface area contributed by atoms with E-state index in [2.05, 4.69) is 17.0 Å². The molecule has 5 rings (SSSR count). The van der Waals surface area contributed by atoms with Gasteiger partial charge in [-0.2, -0.15) is 0 Å². The first-order valence-corrected chi connectivity index (χ1v) is 13.5. The van der Waals surface area contributed by atoms with Crippen LogP contribution < -0.4 is 20.7 Å². The molecular formula is C30H35N3O6. The number of benzene rings is 2. The highest BCUT2D eigenvalue weighted by Gasteiger charge is 2.31. The van der Waals surface area contributed by atoms with E-state index in [-0.39, 0.29) is 36.9 Å². The summed E-state index contributed by atoms with van der Waals surface area (Å²) in [5.41, 5.74) is 3.45. The van der Waals surface area contributed by atoms with Crippen LogP contribution >= 0.6 is 0 Å². The molecule has 0 radical (unpaired) electrons. The standard InChI is InChI=1S/C30H35N3O6/c1-20-15-22(5-7-26(20)39-14-12-33-28(34)9-11-31(2)30(33)37)19-32(18-21-3-4-21)25(17-29(35)36)23-6-8-27-24(16-23)10-13-38-27/h5-9,11,15-16,21,25H,3-4,10,12-14,17-19H2,1-2H3,(H,35,36). The van der Waals surface area contributed by atoms with Gasteiger partial charge in [0, 0.05) is 44.9 Å². The van der Waals surface area contributed by atoms with Crippen molar-refractivity contribution in [2.45, 2.75) is 51.7 Å². The topological polar surface area (TPSA) is 103 Å². The van der Waals surface area contributed by atoms with Crippen molar-refractivity contribution in [3.05, 3.63) is 91.8 Å². The molecule has 9 nitrogen and oxygen atoms in total. The van der Waals surface area contributed by atoms with Crippen molar-refractivity contribution < 1.29 is 19.4 Å². The van der Waals surface area contributed by atoms with Crippen molar-refractivity contribution in [3.63, 3.8) is 0 Å². The van der Waals surface area contributed by atoms with Gasteiger partial charge in [-0.1, -0.05) is 24.3 Å². The SMILES string of the molecule is Cc1cc(CN(CC2CC2)C(CC(=O)O)c2ccc3c(c2)CCO3)ccc1OCCn1c(=O)ccn(C)c1=O. The van der Waals surface area contributed by atoms with Crippen LogP contribution in [-0.2, 0) is 31.4 Å². The van der Waals surface area contributed by atoms with Crippen molar-refractivity contribution in [3.8, 4) is 11.5 Å². The number of carboxylic acid groups (broad SMARTS) is 1. The molecule has 1 unspecified atom stereocenters. The molecule has 1 aromatic heterocycles. The van der Waals surface area contributed by atoms with Gasteiger partial charge in [-0.15, -0.1) is 0 Å². The average molecular weight is 534 g/mol. The summed E-state index contributed by atoms with van der Waals surface area (Å²) < 4.78 is 14.1. The first-order valence-electron chi connectivity index (χ1n) is 13.5. The molecule has 9 heteroatoms. The number of rotatable bonds is 12. The van der Waals surface area contributed by atoms with Gasteiger partial charge in [0.25, 0.3) is 5.56 Å². The van der Waals surface area contributed by atoms with Gasteiger partial charge in [0.1, 0.15) is 18.1 Å². The Kier molecular flexibility index (Phi) is 7.88. The summed E-state index contributed by atoms with van der Waals surface area (Å²) in [6.45, 7) is 4.46. The van der Waals surface area contributed by atoms with Gasteiger partial charge in [-0.3, -0.25) is 19.1 Å². The van der Waals surface area contributed by atoms with Crippen molar-refractivity contribution in [2.24, 2.45) is 13.0 Å². The molecule has 2 heterocycles. The molecule has 1 atom stereocenters. The van der Waals surface area contributed by atoms with Crippen LogP contribution in [0.3, 0.4) is 0 Å². The maximum atomic E-state index is 12.2. The van der Waals surface area contributed by atoms with Crippen LogP contribution in [0.15, 0.2) is 58.3 Å². The van der Waals surface area contributed by atoms with E-state index >= 15 is 0 Å². The first-order chi connectivity index (χ1) is 18.8. The molecule has 0 amide bonds. The van der Waals surface area contributed by atoms with E-state index in [0.717, 1.165) is 45.5 Å². The summed E-state index contributed by atoms with van der Waals surface area (Å²) in [7, 11) is 1.61. The predicted molar refractivity (Wildman–Crippen MR) is 146 cm³/mol. The molecule has 206 valence electrons. The number of nitrogens with zero attached hydrogens (tertiary/aromatic N) is 3. The van der Waals surface area contributed by atoms with Crippen molar-refractivity contribution in [1.29, 1.82) is 0 Å². The fourth-order valence-electron chi connectivity index (χ4n) is 5.24. The number of hydrogen-bond acceptors (Lipinski definition) is 6. The Bertz CT molecular complexity index is 1470. The summed E-state index contributed by atoms with van der Waals surface area (Å²) in [6, 6.07) is 13.2. The summed E-state index contributed by atoms with van der Waals surface area (Å²) in [4.78, 5) is 38.5. The molecular weight excluding hydrogens is 498 g/mol. The normalized spacial score (nSPS) is 15.2. The molecule has 1 aliphatic heterocycles. The molecule has 0 saturated heterocycles. The van der Waals surface area contributed by atoms with Crippen LogP contribution in [-0.4, -0.2) is 44.9 Å². The minimum Gasteiger partial charge on any atom is -0.493 e. The third-order valence-electron chi connectivity index (χ3n) is 7.53. The van der Waals surface area contributed by atoms with Crippen LogP contribution in [0, 0.1) is 12.8 Å². The Morgan fingerprint density at radius 3 is 2.74 bits per heavy atom. The van der Waals surface area contributed by atoms with Crippen molar-refractivity contribution in [2.75, 3.05) is 19.8 Å². The van der Waals surface area contributed by atoms with E-state index in [9.17, 15) is 19.5 Å². The third-order valence-corrected chi connectivity index (χ3v) is 7.53. The number of carboxylic acids is 1. The lowest BCUT2D eigenvalue weighted by Gasteiger charge is -2.32. The van der Waals surface area contributed by atoms with Crippen LogP contribution in [0.2, 0.25) is 0 Å². The fourth-order valence-corrected chi connectivity index (χ4v) is 5.24. The van der Waals surface area contributed by atoms with E-state index in [4.69, 9.17) is 9.47 Å². The number of aliphatic carboxylic acids is 1. The molecule has 1 aliphatic carbocycles. The lowest BCUT2D eigenvalue weighted by Crippen LogP contribution is -2.39. The maximum absolute atomic E-state index is 12.2. The van der Waals surface area contributed by atoms with Crippen LogP contribution in [0.5, 0.6) is 11.5 Å². The molecule has 39 heavy (non-hydrogen) atoms. The molecule has 1 saturated carbocycles. The highest BCUT2D eigenvalue weighted by molar-refractivity contribution is 5.68. The summed E-state index contributed by atoms with van der Waals surface area (Å²) >= 11 is 0. The quantitative estimate of drug-likeness (QED) is 0.381. The van der Waals surface area contributed by atoms with Gasteiger partial charge >= 0.3 is 11.7 Å². The van der Waals surface area contributed by atoms with E-state index in [0.29, 0.717) is 24.8 Å². The van der Waals surface area contributed by atoms with Crippen LogP contribution in [0.4, 0.5) is 0 Å². The molecule has 1 fully saturated rings. The summed E-state index contributed by atoms with van der Waals surface area (Å²) in [5.74, 6) is 1.36. The second kappa shape index (κ2) is 11.5. The number of aromatic nitrogens is 2. The predicted octanol–water partition coefficient (Wildman–Crippen LogP) is 3.30. The second-order valence-corrected chi connectivity index (χ2v) is 10.6. The number of hydrogen-bond donors (Lipinski definition) is 1. The smallest absolute Gasteiger partial charge is 0.330 e. The van der Waals surface area contributed by atoms with Gasteiger partial charge in [0.2, 0.25) is 0 Å². The second-order valence-electron chi connectivity index (χ2n) is 10.6. The largest absolute Gasteiger partial charge is 0.493 e. The summed E-state index contributed by atoms with van der Waals surface area (Å²) in [6.07, 6.45) is 4.68. The average Bonchev–Trinajstić information content (AvgIpc) is 3.60. The Balaban J connectivity index is 1.31. The zero-order valence-electron chi connectivity index (χ0n) is 22.5. The van der Waals surface area contributed by atoms with Gasteiger partial charge in [-0.25, -0.2) is 4.79 Å². The highest BCUT2D eigenvalue weighted by Crippen LogP contribution is 2.37. The number of carbonyl (C=O) groups is 1. The van der Waals surface area contributed by atoms with E-state index in [1.807, 2.05) is 31.2 Å². The molecule has 3 aromatic rings. The van der Waals surface area contributed by atoms with E-state index < -0.39 is 5.97 Å². The number of ether oxygens (including phenoxy) is 2. The molecule has 2 aliphatic rings. The first kappa shape index (κ1) is 26.7. The molecule has 0 bridgehead atoms. The third kappa shape index (κ3) is 6.42. The Morgan fingerprint density at radius 1 is 1.18 bits per heavy atom. The minimum atomic E-state index is -0.815. The van der Waals surface area contributed by atoms with E-state index in [1.165, 1.54) is 29.7 Å².